The molecule has 0 bridgehead atoms. The van der Waals surface area contributed by atoms with Gasteiger partial charge in [-0.1, -0.05) is 146 Å². The maximum Gasteiger partial charge on any atom is 0.152 e. The van der Waals surface area contributed by atoms with Crippen LogP contribution in [0.5, 0.6) is 11.5 Å². The van der Waals surface area contributed by atoms with E-state index in [1.807, 2.05) is 12.1 Å². The highest BCUT2D eigenvalue weighted by atomic mass is 16.5. The van der Waals surface area contributed by atoms with Crippen molar-refractivity contribution in [2.24, 2.45) is 0 Å². The van der Waals surface area contributed by atoms with E-state index in [0.717, 1.165) is 45.3 Å². The minimum atomic E-state index is 0.874. The third-order valence-electron chi connectivity index (χ3n) is 11.7. The molecule has 1 aliphatic heterocycles. The summed E-state index contributed by atoms with van der Waals surface area (Å²) in [5.41, 5.74) is 11.4. The van der Waals surface area contributed by atoms with E-state index in [9.17, 15) is 0 Å². The van der Waals surface area contributed by atoms with Crippen molar-refractivity contribution < 1.29 is 4.74 Å². The number of hydrogen-bond acceptors (Lipinski definition) is 2. The summed E-state index contributed by atoms with van der Waals surface area (Å²) in [7, 11) is 0. The summed E-state index contributed by atoms with van der Waals surface area (Å²) in [5.74, 6) is 1.76. The molecule has 1 aromatic heterocycles. The van der Waals surface area contributed by atoms with Gasteiger partial charge in [0.05, 0.1) is 22.4 Å². The lowest BCUT2D eigenvalue weighted by molar-refractivity contribution is 0.476. The molecule has 2 heterocycles. The number of anilines is 3. The minimum absolute atomic E-state index is 0.874. The van der Waals surface area contributed by atoms with Crippen molar-refractivity contribution in [1.82, 2.24) is 4.57 Å². The van der Waals surface area contributed by atoms with E-state index in [4.69, 9.17) is 4.74 Å². The summed E-state index contributed by atoms with van der Waals surface area (Å²) in [6.07, 6.45) is 0. The molecule has 12 rings (SSSR count). The van der Waals surface area contributed by atoms with Crippen molar-refractivity contribution in [3.63, 3.8) is 0 Å². The summed E-state index contributed by atoms with van der Waals surface area (Å²) in [6.45, 7) is 0. The van der Waals surface area contributed by atoms with Gasteiger partial charge in [0.15, 0.2) is 11.5 Å². The molecule has 0 amide bonds. The van der Waals surface area contributed by atoms with Gasteiger partial charge < -0.3 is 14.2 Å². The maximum atomic E-state index is 6.39. The first-order valence-electron chi connectivity index (χ1n) is 19.5. The molecule has 0 saturated heterocycles. The lowest BCUT2D eigenvalue weighted by Gasteiger charge is -2.27. The lowest BCUT2D eigenvalue weighted by atomic mass is 9.94. The largest absolute Gasteiger partial charge is 0.453 e. The predicted molar refractivity (Wildman–Crippen MR) is 239 cm³/mol. The Morgan fingerprint density at radius 2 is 1.04 bits per heavy atom. The van der Waals surface area contributed by atoms with Crippen molar-refractivity contribution >= 4 is 71.2 Å². The monoisotopic (exact) mass is 726 g/mol. The second-order valence-electron chi connectivity index (χ2n) is 14.9. The fourth-order valence-corrected chi connectivity index (χ4v) is 9.13. The highest BCUT2D eigenvalue weighted by molar-refractivity contribution is 6.14. The third kappa shape index (κ3) is 4.92. The first-order valence-corrected chi connectivity index (χ1v) is 19.5. The average Bonchev–Trinajstić information content (AvgIpc) is 3.62. The van der Waals surface area contributed by atoms with E-state index in [1.165, 1.54) is 65.3 Å². The first-order chi connectivity index (χ1) is 28.3. The highest BCUT2D eigenvalue weighted by Crippen LogP contribution is 2.47. The topological polar surface area (TPSA) is 17.4 Å². The molecule has 11 aromatic rings. The molecule has 3 heteroatoms. The quantitative estimate of drug-likeness (QED) is 0.164. The Morgan fingerprint density at radius 3 is 1.95 bits per heavy atom. The smallest absolute Gasteiger partial charge is 0.152 e. The summed E-state index contributed by atoms with van der Waals surface area (Å²) in [4.78, 5) is 2.40. The molecule has 0 atom stereocenters. The predicted octanol–water partition coefficient (Wildman–Crippen LogP) is 15.2. The van der Waals surface area contributed by atoms with Crippen molar-refractivity contribution in [2.45, 2.75) is 0 Å². The highest BCUT2D eigenvalue weighted by Gasteiger charge is 2.24. The van der Waals surface area contributed by atoms with Crippen LogP contribution < -0.4 is 9.64 Å². The fourth-order valence-electron chi connectivity index (χ4n) is 9.13. The molecule has 3 nitrogen and oxygen atoms in total. The fraction of sp³-hybridized carbons (Fsp3) is 0. The second kappa shape index (κ2) is 12.5. The van der Waals surface area contributed by atoms with Crippen molar-refractivity contribution in [3.8, 4) is 39.4 Å². The molecule has 0 saturated carbocycles. The Morgan fingerprint density at radius 1 is 0.368 bits per heavy atom. The molecule has 10 aromatic carbocycles. The molecule has 57 heavy (non-hydrogen) atoms. The molecule has 0 aliphatic carbocycles. The second-order valence-corrected chi connectivity index (χ2v) is 14.9. The summed E-state index contributed by atoms with van der Waals surface area (Å²) < 4.78 is 8.74. The minimum Gasteiger partial charge on any atom is -0.453 e. The molecular weight excluding hydrogens is 693 g/mol. The Labute approximate surface area is 329 Å². The van der Waals surface area contributed by atoms with Crippen LogP contribution in [0.3, 0.4) is 0 Å². The Kier molecular flexibility index (Phi) is 6.93. The van der Waals surface area contributed by atoms with Crippen LogP contribution in [0.25, 0.3) is 82.1 Å². The van der Waals surface area contributed by atoms with E-state index in [0.29, 0.717) is 0 Å². The average molecular weight is 727 g/mol. The van der Waals surface area contributed by atoms with Gasteiger partial charge in [0, 0.05) is 27.5 Å². The Balaban J connectivity index is 0.998. The van der Waals surface area contributed by atoms with E-state index in [-0.39, 0.29) is 0 Å². The van der Waals surface area contributed by atoms with Gasteiger partial charge in [-0.15, -0.1) is 0 Å². The van der Waals surface area contributed by atoms with E-state index in [2.05, 4.69) is 204 Å². The van der Waals surface area contributed by atoms with Crippen molar-refractivity contribution in [1.29, 1.82) is 0 Å². The van der Waals surface area contributed by atoms with Gasteiger partial charge in [-0.3, -0.25) is 0 Å². The molecular formula is C54H34N2O. The van der Waals surface area contributed by atoms with Crippen LogP contribution in [-0.4, -0.2) is 4.57 Å². The molecule has 1 aliphatic rings. The summed E-state index contributed by atoms with van der Waals surface area (Å²) in [6, 6.07) is 74.6. The number of aromatic nitrogens is 1. The molecule has 0 unspecified atom stereocenters. The van der Waals surface area contributed by atoms with Gasteiger partial charge in [-0.05, 0) is 110 Å². The zero-order valence-corrected chi connectivity index (χ0v) is 30.9. The van der Waals surface area contributed by atoms with E-state index >= 15 is 0 Å². The maximum absolute atomic E-state index is 6.39. The zero-order chi connectivity index (χ0) is 37.5. The van der Waals surface area contributed by atoms with Crippen LogP contribution in [0.15, 0.2) is 206 Å². The SMILES string of the molecule is c1cc(-c2ccc3c(c2)c2cccc4c2n3-c2ccccc2O4)cc(N(c2ccc(-c3cccc4c3ccc3ccccc34)cc2)c2cccc3ccccc23)c1. The number of nitrogens with zero attached hydrogens (tertiary/aromatic N) is 2. The summed E-state index contributed by atoms with van der Waals surface area (Å²) in [5, 5.41) is 9.88. The van der Waals surface area contributed by atoms with Crippen LogP contribution in [0.2, 0.25) is 0 Å². The molecule has 0 radical (unpaired) electrons. The number of fused-ring (bicyclic) bond motifs is 9. The molecule has 0 spiro atoms. The van der Waals surface area contributed by atoms with Gasteiger partial charge in [0.25, 0.3) is 0 Å². The van der Waals surface area contributed by atoms with Gasteiger partial charge in [0.1, 0.15) is 0 Å². The normalized spacial score (nSPS) is 12.0. The van der Waals surface area contributed by atoms with Crippen molar-refractivity contribution in [2.75, 3.05) is 4.90 Å². The van der Waals surface area contributed by atoms with Gasteiger partial charge in [-0.25, -0.2) is 0 Å². The van der Waals surface area contributed by atoms with Crippen molar-refractivity contribution in [3.05, 3.63) is 206 Å². The Hall–Kier alpha value is -7.62. The van der Waals surface area contributed by atoms with Gasteiger partial charge in [-0.2, -0.15) is 0 Å². The van der Waals surface area contributed by atoms with Gasteiger partial charge in [0.2, 0.25) is 0 Å². The van der Waals surface area contributed by atoms with Crippen LogP contribution in [0.4, 0.5) is 17.1 Å². The molecule has 0 fully saturated rings. The van der Waals surface area contributed by atoms with E-state index in [1.54, 1.807) is 0 Å². The molecule has 0 N–H and O–H groups in total. The number of rotatable bonds is 5. The van der Waals surface area contributed by atoms with E-state index < -0.39 is 0 Å². The number of ether oxygens (including phenoxy) is 1. The standard InChI is InChI=1S/C54H34N2O/c1-3-16-42-36(12-1)27-31-46-43(18-9-19-45(42)46)37-25-29-40(30-26-37)55(49-22-8-13-35-11-2-4-17-44(35)49)41-15-7-14-38(33-41)39-28-32-50-48(34-39)47-20-10-24-53-54(47)56(50)51-21-5-6-23-52(51)57-53/h1-34H. The number of hydrogen-bond donors (Lipinski definition) is 0. The number of benzene rings is 10. The van der Waals surface area contributed by atoms with Crippen LogP contribution in [0, 0.1) is 0 Å². The zero-order valence-electron chi connectivity index (χ0n) is 30.9. The Bertz CT molecular complexity index is 3390. The number of para-hydroxylation sites is 3. The summed E-state index contributed by atoms with van der Waals surface area (Å²) >= 11 is 0. The first kappa shape index (κ1) is 31.7. The van der Waals surface area contributed by atoms with Gasteiger partial charge >= 0.3 is 0 Å². The lowest BCUT2D eigenvalue weighted by Crippen LogP contribution is -2.10. The van der Waals surface area contributed by atoms with Crippen LogP contribution in [0.1, 0.15) is 0 Å². The molecule has 266 valence electrons. The van der Waals surface area contributed by atoms with Crippen LogP contribution in [-0.2, 0) is 0 Å². The van der Waals surface area contributed by atoms with Crippen LogP contribution >= 0.6 is 0 Å². The third-order valence-corrected chi connectivity index (χ3v) is 11.7.